The van der Waals surface area contributed by atoms with Crippen LogP contribution in [0.5, 0.6) is 23.0 Å². The first-order chi connectivity index (χ1) is 18.9. The van der Waals surface area contributed by atoms with E-state index in [0.29, 0.717) is 47.4 Å². The minimum atomic E-state index is -0.528. The summed E-state index contributed by atoms with van der Waals surface area (Å²) in [6.07, 6.45) is 5.18. The number of rotatable bonds is 4. The van der Waals surface area contributed by atoms with Crippen molar-refractivity contribution in [2.75, 3.05) is 20.8 Å². The van der Waals surface area contributed by atoms with Crippen LogP contribution in [-0.4, -0.2) is 36.8 Å². The lowest BCUT2D eigenvalue weighted by Gasteiger charge is -2.30. The summed E-state index contributed by atoms with van der Waals surface area (Å²) >= 11 is 0. The van der Waals surface area contributed by atoms with Crippen molar-refractivity contribution in [3.8, 4) is 23.0 Å². The van der Waals surface area contributed by atoms with E-state index in [-0.39, 0.29) is 17.4 Å². The number of aliphatic hydroxyl groups excluding tert-OH is 1. The predicted molar refractivity (Wildman–Crippen MR) is 145 cm³/mol. The van der Waals surface area contributed by atoms with Gasteiger partial charge in [0.1, 0.15) is 34.5 Å². The number of phenols is 1. The molecule has 0 spiro atoms. The topological polar surface area (TPSA) is 94.5 Å². The highest BCUT2D eigenvalue weighted by Crippen LogP contribution is 2.45. The van der Waals surface area contributed by atoms with Gasteiger partial charge in [-0.15, -0.1) is 0 Å². The second kappa shape index (κ2) is 9.76. The number of phenolic OH excluding ortho intramolecular Hbond substituents is 1. The molecule has 1 aliphatic carbocycles. The first-order valence-corrected chi connectivity index (χ1v) is 12.5. The third-order valence-electron chi connectivity index (χ3n) is 7.16. The molecule has 0 fully saturated rings. The van der Waals surface area contributed by atoms with E-state index in [2.05, 4.69) is 6.07 Å². The second-order valence-corrected chi connectivity index (χ2v) is 9.50. The number of benzene rings is 3. The van der Waals surface area contributed by atoms with Gasteiger partial charge in [0.05, 0.1) is 26.4 Å². The SMILES string of the molecule is COC1=CC(=O)C(O)=C/C1=C1/C=C(c2ccccc2)c2cc3c(cc2O1)OC[C@@H](c1ccc(OC)cc1O)C3. The second-order valence-electron chi connectivity index (χ2n) is 9.50. The molecule has 2 N–H and O–H groups in total. The first kappa shape index (κ1) is 24.4. The molecule has 7 nitrogen and oxygen atoms in total. The summed E-state index contributed by atoms with van der Waals surface area (Å²) in [6, 6.07) is 19.2. The molecule has 196 valence electrons. The molecule has 6 rings (SSSR count). The van der Waals surface area contributed by atoms with E-state index in [4.69, 9.17) is 18.9 Å². The number of ether oxygens (including phenoxy) is 4. The number of fused-ring (bicyclic) bond motifs is 2. The van der Waals surface area contributed by atoms with Crippen molar-refractivity contribution in [2.24, 2.45) is 0 Å². The van der Waals surface area contributed by atoms with Gasteiger partial charge >= 0.3 is 0 Å². The van der Waals surface area contributed by atoms with Crippen LogP contribution in [0.4, 0.5) is 0 Å². The Hall–Kier alpha value is -4.91. The number of hydrogen-bond donors (Lipinski definition) is 2. The standard InChI is InChI=1S/C32H26O7/c1-36-21-8-9-22(26(33)12-21)20-10-19-11-24-23(18-6-4-3-5-7-18)14-31(39-32(24)16-29(19)38-17-20)25-13-27(34)28(35)15-30(25)37-2/h3-9,11-16,20,33-34H,10,17H2,1-2H3/b31-25+/t20-/m0/s1. The Bertz CT molecular complexity index is 1610. The van der Waals surface area contributed by atoms with Gasteiger partial charge in [0.25, 0.3) is 0 Å². The number of carbonyl (C=O) groups is 1. The lowest BCUT2D eigenvalue weighted by molar-refractivity contribution is -0.113. The number of ketones is 1. The summed E-state index contributed by atoms with van der Waals surface area (Å²) in [5.74, 6) is 1.86. The highest BCUT2D eigenvalue weighted by molar-refractivity contribution is 6.05. The molecule has 0 saturated carbocycles. The third-order valence-corrected chi connectivity index (χ3v) is 7.16. The summed E-state index contributed by atoms with van der Waals surface area (Å²) in [5.41, 5.74) is 5.04. The van der Waals surface area contributed by atoms with E-state index in [1.54, 1.807) is 13.2 Å². The molecular formula is C32H26O7. The molecule has 3 aromatic rings. The van der Waals surface area contributed by atoms with Crippen molar-refractivity contribution in [1.29, 1.82) is 0 Å². The monoisotopic (exact) mass is 522 g/mol. The van der Waals surface area contributed by atoms with Crippen molar-refractivity contribution in [3.63, 3.8) is 0 Å². The van der Waals surface area contributed by atoms with Crippen LogP contribution in [0.15, 0.2) is 102 Å². The molecule has 39 heavy (non-hydrogen) atoms. The van der Waals surface area contributed by atoms with E-state index >= 15 is 0 Å². The van der Waals surface area contributed by atoms with Gasteiger partial charge in [0.15, 0.2) is 5.76 Å². The van der Waals surface area contributed by atoms with Gasteiger partial charge in [-0.2, -0.15) is 0 Å². The molecule has 3 aliphatic rings. The maximum Gasteiger partial charge on any atom is 0.223 e. The van der Waals surface area contributed by atoms with Gasteiger partial charge in [-0.05, 0) is 47.4 Å². The van der Waals surface area contributed by atoms with Crippen molar-refractivity contribution in [1.82, 2.24) is 0 Å². The van der Waals surface area contributed by atoms with Crippen LogP contribution in [-0.2, 0) is 16.0 Å². The van der Waals surface area contributed by atoms with E-state index in [0.717, 1.165) is 27.8 Å². The summed E-state index contributed by atoms with van der Waals surface area (Å²) in [7, 11) is 3.04. The number of allylic oxidation sites excluding steroid dienone is 3. The summed E-state index contributed by atoms with van der Waals surface area (Å²) < 4.78 is 23.2. The molecule has 0 unspecified atom stereocenters. The van der Waals surface area contributed by atoms with Crippen LogP contribution in [0.2, 0.25) is 0 Å². The largest absolute Gasteiger partial charge is 0.508 e. The molecule has 1 atom stereocenters. The number of aliphatic hydroxyl groups is 1. The van der Waals surface area contributed by atoms with Gasteiger partial charge in [-0.1, -0.05) is 36.4 Å². The average Bonchev–Trinajstić information content (AvgIpc) is 2.96. The Morgan fingerprint density at radius 2 is 1.72 bits per heavy atom. The molecule has 7 heteroatoms. The van der Waals surface area contributed by atoms with Crippen LogP contribution in [0.1, 0.15) is 28.2 Å². The zero-order chi connectivity index (χ0) is 27.1. The minimum absolute atomic E-state index is 0.0323. The Morgan fingerprint density at radius 3 is 2.46 bits per heavy atom. The maximum absolute atomic E-state index is 12.0. The molecule has 2 heterocycles. The maximum atomic E-state index is 12.0. The Labute approximate surface area is 225 Å². The molecule has 2 aliphatic heterocycles. The smallest absolute Gasteiger partial charge is 0.223 e. The van der Waals surface area contributed by atoms with Crippen molar-refractivity contribution >= 4 is 11.4 Å². The van der Waals surface area contributed by atoms with E-state index in [1.807, 2.05) is 54.6 Å². The number of hydrogen-bond acceptors (Lipinski definition) is 7. The average molecular weight is 523 g/mol. The number of methoxy groups -OCH3 is 2. The predicted octanol–water partition coefficient (Wildman–Crippen LogP) is 5.75. The van der Waals surface area contributed by atoms with Crippen LogP contribution >= 0.6 is 0 Å². The Kier molecular flexibility index (Phi) is 6.11. The number of carbonyl (C=O) groups excluding carboxylic acids is 1. The lowest BCUT2D eigenvalue weighted by Crippen LogP contribution is -2.20. The quantitative estimate of drug-likeness (QED) is 0.450. The van der Waals surface area contributed by atoms with Gasteiger partial charge in [0.2, 0.25) is 5.78 Å². The molecule has 0 bridgehead atoms. The lowest BCUT2D eigenvalue weighted by atomic mass is 9.86. The molecule has 0 saturated heterocycles. The molecule has 0 aromatic heterocycles. The van der Waals surface area contributed by atoms with Gasteiger partial charge in [-0.25, -0.2) is 0 Å². The molecule has 0 radical (unpaired) electrons. The summed E-state index contributed by atoms with van der Waals surface area (Å²) in [6.45, 7) is 0.399. The number of aromatic hydroxyl groups is 1. The first-order valence-electron chi connectivity index (χ1n) is 12.5. The third kappa shape index (κ3) is 4.42. The van der Waals surface area contributed by atoms with Gasteiger partial charge in [0, 0.05) is 35.3 Å². The Morgan fingerprint density at radius 1 is 0.897 bits per heavy atom. The Balaban J connectivity index is 1.45. The van der Waals surface area contributed by atoms with Gasteiger partial charge < -0.3 is 29.2 Å². The normalized spacial score (nSPS) is 19.9. The van der Waals surface area contributed by atoms with Crippen LogP contribution in [0.25, 0.3) is 5.57 Å². The van der Waals surface area contributed by atoms with E-state index in [9.17, 15) is 15.0 Å². The van der Waals surface area contributed by atoms with Crippen LogP contribution in [0, 0.1) is 0 Å². The molecular weight excluding hydrogens is 496 g/mol. The van der Waals surface area contributed by atoms with Crippen LogP contribution in [0.3, 0.4) is 0 Å². The summed E-state index contributed by atoms with van der Waals surface area (Å²) in [5, 5.41) is 20.8. The van der Waals surface area contributed by atoms with Crippen molar-refractivity contribution in [2.45, 2.75) is 12.3 Å². The fourth-order valence-electron chi connectivity index (χ4n) is 5.16. The highest BCUT2D eigenvalue weighted by atomic mass is 16.5. The van der Waals surface area contributed by atoms with Gasteiger partial charge in [-0.3, -0.25) is 4.79 Å². The molecule has 0 amide bonds. The minimum Gasteiger partial charge on any atom is -0.508 e. The summed E-state index contributed by atoms with van der Waals surface area (Å²) in [4.78, 5) is 12.0. The van der Waals surface area contributed by atoms with Crippen molar-refractivity contribution in [3.05, 3.63) is 124 Å². The van der Waals surface area contributed by atoms with Crippen LogP contribution < -0.4 is 14.2 Å². The fourth-order valence-corrected chi connectivity index (χ4v) is 5.16. The molecule has 3 aromatic carbocycles. The van der Waals surface area contributed by atoms with E-state index in [1.165, 1.54) is 19.3 Å². The highest BCUT2D eigenvalue weighted by Gasteiger charge is 2.30. The zero-order valence-electron chi connectivity index (χ0n) is 21.4. The fraction of sp³-hybridized carbons (Fsp3) is 0.156. The van der Waals surface area contributed by atoms with E-state index < -0.39 is 5.78 Å². The van der Waals surface area contributed by atoms with Crippen molar-refractivity contribution < 1.29 is 34.0 Å². The zero-order valence-corrected chi connectivity index (χ0v) is 21.4.